The minimum absolute atomic E-state index is 0.0736. The van der Waals surface area contributed by atoms with Gasteiger partial charge in [0.15, 0.2) is 0 Å². The van der Waals surface area contributed by atoms with Crippen molar-refractivity contribution in [1.82, 2.24) is 4.31 Å². The van der Waals surface area contributed by atoms with Crippen LogP contribution in [0.15, 0.2) is 23.1 Å². The first-order valence-electron chi connectivity index (χ1n) is 5.50. The largest absolute Gasteiger partial charge is 0.246 e. The summed E-state index contributed by atoms with van der Waals surface area (Å²) in [5.41, 5.74) is 0. The fourth-order valence-electron chi connectivity index (χ4n) is 1.93. The molecule has 7 heteroatoms. The Labute approximate surface area is 113 Å². The zero-order valence-corrected chi connectivity index (χ0v) is 11.8. The molecule has 0 bridgehead atoms. The smallest absolute Gasteiger partial charge is 0.207 e. The summed E-state index contributed by atoms with van der Waals surface area (Å²) in [6, 6.07) is 2.51. The van der Waals surface area contributed by atoms with Crippen LogP contribution in [0.4, 0.5) is 8.78 Å². The molecule has 1 aromatic carbocycles. The third-order valence-electron chi connectivity index (χ3n) is 2.84. The van der Waals surface area contributed by atoms with E-state index in [9.17, 15) is 17.2 Å². The molecule has 2 rings (SSSR count). The SMILES string of the molecule is O=S(=O)(c1ccc(F)cc1F)N1CCCC(Br)C1. The van der Waals surface area contributed by atoms with Gasteiger partial charge >= 0.3 is 0 Å². The molecular weight excluding hydrogens is 328 g/mol. The number of hydrogen-bond donors (Lipinski definition) is 0. The maximum Gasteiger partial charge on any atom is 0.246 e. The Morgan fingerprint density at radius 1 is 1.33 bits per heavy atom. The van der Waals surface area contributed by atoms with Gasteiger partial charge in [0.25, 0.3) is 0 Å². The molecule has 1 aromatic rings. The van der Waals surface area contributed by atoms with E-state index in [1.54, 1.807) is 0 Å². The van der Waals surface area contributed by atoms with E-state index >= 15 is 0 Å². The lowest BCUT2D eigenvalue weighted by molar-refractivity contribution is 0.354. The first kappa shape index (κ1) is 13.9. The van der Waals surface area contributed by atoms with Crippen LogP contribution in [0, 0.1) is 11.6 Å². The maximum absolute atomic E-state index is 13.5. The van der Waals surface area contributed by atoms with E-state index < -0.39 is 26.6 Å². The number of sulfonamides is 1. The van der Waals surface area contributed by atoms with E-state index in [4.69, 9.17) is 0 Å². The molecule has 1 fully saturated rings. The molecule has 0 spiro atoms. The molecule has 0 aromatic heterocycles. The standard InChI is InChI=1S/C11H12BrF2NO2S/c12-8-2-1-5-15(7-8)18(16,17)11-4-3-9(13)6-10(11)14/h3-4,6,8H,1-2,5,7H2. The molecule has 1 atom stereocenters. The second-order valence-corrected chi connectivity index (χ2v) is 7.38. The van der Waals surface area contributed by atoms with E-state index in [1.165, 1.54) is 4.31 Å². The average molecular weight is 340 g/mol. The molecular formula is C11H12BrF2NO2S. The highest BCUT2D eigenvalue weighted by Gasteiger charge is 2.31. The van der Waals surface area contributed by atoms with Crippen LogP contribution < -0.4 is 0 Å². The lowest BCUT2D eigenvalue weighted by atomic mass is 10.2. The average Bonchev–Trinajstić information content (AvgIpc) is 2.28. The van der Waals surface area contributed by atoms with Crippen molar-refractivity contribution in [3.63, 3.8) is 0 Å². The van der Waals surface area contributed by atoms with Gasteiger partial charge in [-0.3, -0.25) is 0 Å². The lowest BCUT2D eigenvalue weighted by Gasteiger charge is -2.29. The van der Waals surface area contributed by atoms with Crippen LogP contribution in [0.5, 0.6) is 0 Å². The summed E-state index contributed by atoms with van der Waals surface area (Å²) < 4.78 is 52.0. The van der Waals surface area contributed by atoms with E-state index in [-0.39, 0.29) is 4.83 Å². The molecule has 1 aliphatic rings. The predicted molar refractivity (Wildman–Crippen MR) is 67.1 cm³/mol. The minimum atomic E-state index is -3.88. The van der Waals surface area contributed by atoms with Gasteiger partial charge < -0.3 is 0 Å². The summed E-state index contributed by atoms with van der Waals surface area (Å²) in [6.07, 6.45) is 1.61. The minimum Gasteiger partial charge on any atom is -0.207 e. The molecule has 0 N–H and O–H groups in total. The monoisotopic (exact) mass is 339 g/mol. The van der Waals surface area contributed by atoms with Crippen LogP contribution in [-0.4, -0.2) is 30.6 Å². The number of piperidine rings is 1. The summed E-state index contributed by atoms with van der Waals surface area (Å²) in [4.78, 5) is -0.393. The number of benzene rings is 1. The molecule has 0 amide bonds. The molecule has 0 saturated carbocycles. The molecule has 1 aliphatic heterocycles. The summed E-state index contributed by atoms with van der Waals surface area (Å²) >= 11 is 3.36. The van der Waals surface area contributed by atoms with Crippen molar-refractivity contribution >= 4 is 26.0 Å². The molecule has 100 valence electrons. The topological polar surface area (TPSA) is 37.4 Å². The Hall–Kier alpha value is -0.530. The van der Waals surface area contributed by atoms with Crippen LogP contribution in [0.25, 0.3) is 0 Å². The fraction of sp³-hybridized carbons (Fsp3) is 0.455. The third-order valence-corrected chi connectivity index (χ3v) is 5.48. The summed E-state index contributed by atoms with van der Waals surface area (Å²) in [5.74, 6) is -1.84. The quantitative estimate of drug-likeness (QED) is 0.776. The first-order chi connectivity index (χ1) is 8.41. The molecule has 0 radical (unpaired) electrons. The van der Waals surface area contributed by atoms with Crippen molar-refractivity contribution in [2.75, 3.05) is 13.1 Å². The van der Waals surface area contributed by atoms with Gasteiger partial charge in [-0.05, 0) is 25.0 Å². The number of rotatable bonds is 2. The van der Waals surface area contributed by atoms with E-state index in [0.717, 1.165) is 25.0 Å². The van der Waals surface area contributed by atoms with Crippen molar-refractivity contribution in [3.8, 4) is 0 Å². The second kappa shape index (κ2) is 5.22. The van der Waals surface area contributed by atoms with Crippen LogP contribution >= 0.6 is 15.9 Å². The van der Waals surface area contributed by atoms with E-state index in [0.29, 0.717) is 19.2 Å². The van der Waals surface area contributed by atoms with Crippen LogP contribution in [0.1, 0.15) is 12.8 Å². The summed E-state index contributed by atoms with van der Waals surface area (Å²) in [5, 5.41) is 0. The van der Waals surface area contributed by atoms with Gasteiger partial charge in [0, 0.05) is 24.0 Å². The Morgan fingerprint density at radius 2 is 2.06 bits per heavy atom. The van der Waals surface area contributed by atoms with Crippen LogP contribution in [0.3, 0.4) is 0 Å². The van der Waals surface area contributed by atoms with Crippen molar-refractivity contribution in [1.29, 1.82) is 0 Å². The Bertz CT molecular complexity index is 550. The third kappa shape index (κ3) is 2.73. The lowest BCUT2D eigenvalue weighted by Crippen LogP contribution is -2.40. The van der Waals surface area contributed by atoms with Gasteiger partial charge in [-0.15, -0.1) is 0 Å². The molecule has 18 heavy (non-hydrogen) atoms. The highest BCUT2D eigenvalue weighted by atomic mass is 79.9. The zero-order valence-electron chi connectivity index (χ0n) is 9.44. The second-order valence-electron chi connectivity index (χ2n) is 4.18. The summed E-state index contributed by atoms with van der Waals surface area (Å²) in [7, 11) is -3.88. The van der Waals surface area contributed by atoms with Crippen molar-refractivity contribution in [2.45, 2.75) is 22.6 Å². The van der Waals surface area contributed by atoms with Gasteiger partial charge in [-0.25, -0.2) is 17.2 Å². The first-order valence-corrected chi connectivity index (χ1v) is 7.86. The number of nitrogens with zero attached hydrogens (tertiary/aromatic N) is 1. The van der Waals surface area contributed by atoms with Crippen molar-refractivity contribution in [2.24, 2.45) is 0 Å². The fourth-order valence-corrected chi connectivity index (χ4v) is 4.37. The summed E-state index contributed by atoms with van der Waals surface area (Å²) in [6.45, 7) is 0.667. The normalized spacial score (nSPS) is 22.1. The van der Waals surface area contributed by atoms with Crippen molar-refractivity contribution in [3.05, 3.63) is 29.8 Å². The Kier molecular flexibility index (Phi) is 4.03. The molecule has 0 aliphatic carbocycles. The van der Waals surface area contributed by atoms with Crippen LogP contribution in [-0.2, 0) is 10.0 Å². The van der Waals surface area contributed by atoms with Gasteiger partial charge in [0.2, 0.25) is 10.0 Å². The maximum atomic E-state index is 13.5. The van der Waals surface area contributed by atoms with Gasteiger partial charge in [-0.1, -0.05) is 15.9 Å². The molecule has 3 nitrogen and oxygen atoms in total. The van der Waals surface area contributed by atoms with E-state index in [2.05, 4.69) is 15.9 Å². The highest BCUT2D eigenvalue weighted by molar-refractivity contribution is 9.09. The zero-order chi connectivity index (χ0) is 13.3. The predicted octanol–water partition coefficient (Wildman–Crippen LogP) is 2.51. The highest BCUT2D eigenvalue weighted by Crippen LogP contribution is 2.25. The van der Waals surface area contributed by atoms with Crippen LogP contribution in [0.2, 0.25) is 0 Å². The van der Waals surface area contributed by atoms with Gasteiger partial charge in [0.1, 0.15) is 16.5 Å². The van der Waals surface area contributed by atoms with Crippen molar-refractivity contribution < 1.29 is 17.2 Å². The van der Waals surface area contributed by atoms with Gasteiger partial charge in [0.05, 0.1) is 0 Å². The molecule has 1 heterocycles. The number of alkyl halides is 1. The number of halogens is 3. The number of hydrogen-bond acceptors (Lipinski definition) is 2. The Morgan fingerprint density at radius 3 is 2.67 bits per heavy atom. The Balaban J connectivity index is 2.35. The molecule has 1 unspecified atom stereocenters. The van der Waals surface area contributed by atoms with Gasteiger partial charge in [-0.2, -0.15) is 4.31 Å². The molecule has 1 saturated heterocycles. The van der Waals surface area contributed by atoms with E-state index in [1.807, 2.05) is 0 Å².